The molecule has 0 bridgehead atoms. The van der Waals surface area contributed by atoms with Crippen molar-refractivity contribution in [3.8, 4) is 23.3 Å². The first kappa shape index (κ1) is 19.6. The molecule has 1 atom stereocenters. The molecule has 1 amide bonds. The predicted octanol–water partition coefficient (Wildman–Crippen LogP) is 3.42. The quantitative estimate of drug-likeness (QED) is 0.796. The maximum absolute atomic E-state index is 12.7. The molecule has 1 heterocycles. The van der Waals surface area contributed by atoms with E-state index in [0.29, 0.717) is 24.7 Å². The zero-order valence-corrected chi connectivity index (χ0v) is 16.1. The summed E-state index contributed by atoms with van der Waals surface area (Å²) in [7, 11) is 0. The van der Waals surface area contributed by atoms with Crippen molar-refractivity contribution in [1.29, 1.82) is 5.26 Å². The van der Waals surface area contributed by atoms with Crippen molar-refractivity contribution in [2.45, 2.75) is 26.3 Å². The molecule has 6 heteroatoms. The van der Waals surface area contributed by atoms with Gasteiger partial charge < -0.3 is 19.5 Å². The zero-order valence-electron chi connectivity index (χ0n) is 16.1. The second-order valence-corrected chi connectivity index (χ2v) is 6.96. The standard InChI is InChI=1S/C22H24N2O4/c1-15(2)22(17-6-7-19-20(14-17)28-11-10-27-19)24-21(25)13-16-4-3-5-18(12-16)26-9-8-23/h3-7,12,14-15,22H,9-11,13H2,1-2H3,(H,24,25)/t22-/m1/s1. The van der Waals surface area contributed by atoms with Crippen LogP contribution in [0.5, 0.6) is 17.2 Å². The second kappa shape index (κ2) is 9.14. The SMILES string of the molecule is CC(C)[C@@H](NC(=O)Cc1cccc(OCC#N)c1)c1ccc2c(c1)OCCO2. The third kappa shape index (κ3) is 4.95. The highest BCUT2D eigenvalue weighted by Gasteiger charge is 2.21. The van der Waals surface area contributed by atoms with Crippen LogP contribution in [0.4, 0.5) is 0 Å². The van der Waals surface area contributed by atoms with Gasteiger partial charge in [0.15, 0.2) is 18.1 Å². The van der Waals surface area contributed by atoms with Crippen LogP contribution in [-0.2, 0) is 11.2 Å². The van der Waals surface area contributed by atoms with Crippen LogP contribution in [0.15, 0.2) is 42.5 Å². The van der Waals surface area contributed by atoms with Crippen LogP contribution in [0.3, 0.4) is 0 Å². The molecule has 1 aliphatic heterocycles. The Bertz CT molecular complexity index is 873. The molecule has 3 rings (SSSR count). The van der Waals surface area contributed by atoms with Crippen molar-refractivity contribution in [2.24, 2.45) is 5.92 Å². The fraction of sp³-hybridized carbons (Fsp3) is 0.364. The number of carbonyl (C=O) groups is 1. The van der Waals surface area contributed by atoms with Crippen LogP contribution in [0.2, 0.25) is 0 Å². The molecular weight excluding hydrogens is 356 g/mol. The highest BCUT2D eigenvalue weighted by molar-refractivity contribution is 5.79. The molecule has 0 spiro atoms. The van der Waals surface area contributed by atoms with Gasteiger partial charge in [0.05, 0.1) is 12.5 Å². The molecule has 2 aromatic rings. The van der Waals surface area contributed by atoms with Crippen LogP contribution in [0.25, 0.3) is 0 Å². The summed E-state index contributed by atoms with van der Waals surface area (Å²) in [5, 5.41) is 11.7. The molecule has 0 saturated heterocycles. The summed E-state index contributed by atoms with van der Waals surface area (Å²) in [5.41, 5.74) is 1.82. The van der Waals surface area contributed by atoms with E-state index in [1.165, 1.54) is 0 Å². The Kier molecular flexibility index (Phi) is 6.38. The van der Waals surface area contributed by atoms with Crippen LogP contribution in [0.1, 0.15) is 31.0 Å². The third-order valence-electron chi connectivity index (χ3n) is 4.48. The van der Waals surface area contributed by atoms with Gasteiger partial charge in [-0.2, -0.15) is 5.26 Å². The van der Waals surface area contributed by atoms with Gasteiger partial charge in [0.2, 0.25) is 5.91 Å². The Labute approximate surface area is 165 Å². The van der Waals surface area contributed by atoms with Gasteiger partial charge in [-0.15, -0.1) is 0 Å². The van der Waals surface area contributed by atoms with E-state index in [1.54, 1.807) is 12.1 Å². The Morgan fingerprint density at radius 3 is 2.71 bits per heavy atom. The van der Waals surface area contributed by atoms with Crippen molar-refractivity contribution >= 4 is 5.91 Å². The smallest absolute Gasteiger partial charge is 0.224 e. The van der Waals surface area contributed by atoms with Gasteiger partial charge in [0.25, 0.3) is 0 Å². The lowest BCUT2D eigenvalue weighted by atomic mass is 9.95. The maximum Gasteiger partial charge on any atom is 0.224 e. The monoisotopic (exact) mass is 380 g/mol. The minimum Gasteiger partial charge on any atom is -0.486 e. The number of ether oxygens (including phenoxy) is 3. The average Bonchev–Trinajstić information content (AvgIpc) is 2.70. The normalized spacial score (nSPS) is 13.5. The largest absolute Gasteiger partial charge is 0.486 e. The summed E-state index contributed by atoms with van der Waals surface area (Å²) in [4.78, 5) is 12.7. The van der Waals surface area contributed by atoms with Gasteiger partial charge in [0.1, 0.15) is 25.0 Å². The summed E-state index contributed by atoms with van der Waals surface area (Å²) in [6, 6.07) is 14.8. The van der Waals surface area contributed by atoms with Crippen molar-refractivity contribution in [3.05, 3.63) is 53.6 Å². The van der Waals surface area contributed by atoms with Crippen LogP contribution < -0.4 is 19.5 Å². The number of hydrogen-bond donors (Lipinski definition) is 1. The summed E-state index contributed by atoms with van der Waals surface area (Å²) in [6.45, 7) is 5.19. The van der Waals surface area contributed by atoms with E-state index in [9.17, 15) is 4.79 Å². The molecule has 0 aromatic heterocycles. The van der Waals surface area contributed by atoms with Crippen molar-refractivity contribution in [1.82, 2.24) is 5.32 Å². The second-order valence-electron chi connectivity index (χ2n) is 6.96. The van der Waals surface area contributed by atoms with Crippen LogP contribution in [-0.4, -0.2) is 25.7 Å². The number of nitrogens with zero attached hydrogens (tertiary/aromatic N) is 1. The maximum atomic E-state index is 12.7. The highest BCUT2D eigenvalue weighted by Crippen LogP contribution is 2.34. The van der Waals surface area contributed by atoms with Crippen molar-refractivity contribution in [3.63, 3.8) is 0 Å². The first-order valence-electron chi connectivity index (χ1n) is 9.34. The fourth-order valence-corrected chi connectivity index (χ4v) is 3.16. The van der Waals surface area contributed by atoms with E-state index in [2.05, 4.69) is 19.2 Å². The fourth-order valence-electron chi connectivity index (χ4n) is 3.16. The lowest BCUT2D eigenvalue weighted by Gasteiger charge is -2.25. The van der Waals surface area contributed by atoms with E-state index in [1.807, 2.05) is 36.4 Å². The highest BCUT2D eigenvalue weighted by atomic mass is 16.6. The number of nitrogens with one attached hydrogen (secondary N) is 1. The van der Waals surface area contributed by atoms with E-state index in [4.69, 9.17) is 19.5 Å². The molecule has 146 valence electrons. The van der Waals surface area contributed by atoms with Gasteiger partial charge in [-0.1, -0.05) is 32.0 Å². The van der Waals surface area contributed by atoms with Gasteiger partial charge >= 0.3 is 0 Å². The summed E-state index contributed by atoms with van der Waals surface area (Å²) >= 11 is 0. The molecule has 0 aliphatic carbocycles. The topological polar surface area (TPSA) is 80.6 Å². The molecule has 28 heavy (non-hydrogen) atoms. The minimum absolute atomic E-state index is 0.0187. The van der Waals surface area contributed by atoms with E-state index >= 15 is 0 Å². The number of rotatable bonds is 7. The van der Waals surface area contributed by atoms with Gasteiger partial charge in [-0.3, -0.25) is 4.79 Å². The van der Waals surface area contributed by atoms with Crippen molar-refractivity contribution in [2.75, 3.05) is 19.8 Å². The predicted molar refractivity (Wildman–Crippen MR) is 104 cm³/mol. The van der Waals surface area contributed by atoms with Gasteiger partial charge in [0, 0.05) is 0 Å². The molecule has 0 saturated carbocycles. The summed E-state index contributed by atoms with van der Waals surface area (Å²) in [5.74, 6) is 2.16. The molecule has 0 fully saturated rings. The molecule has 0 unspecified atom stereocenters. The summed E-state index contributed by atoms with van der Waals surface area (Å²) < 4.78 is 16.5. The molecule has 0 radical (unpaired) electrons. The number of fused-ring (bicyclic) bond motifs is 1. The zero-order chi connectivity index (χ0) is 19.9. The number of benzene rings is 2. The Morgan fingerprint density at radius 1 is 1.18 bits per heavy atom. The first-order valence-corrected chi connectivity index (χ1v) is 9.34. The number of amides is 1. The molecule has 2 aromatic carbocycles. The van der Waals surface area contributed by atoms with E-state index < -0.39 is 0 Å². The van der Waals surface area contributed by atoms with Crippen molar-refractivity contribution < 1.29 is 19.0 Å². The lowest BCUT2D eigenvalue weighted by molar-refractivity contribution is -0.121. The van der Waals surface area contributed by atoms with Gasteiger partial charge in [-0.25, -0.2) is 0 Å². The number of carbonyl (C=O) groups excluding carboxylic acids is 1. The van der Waals surface area contributed by atoms with E-state index in [0.717, 1.165) is 16.9 Å². The Morgan fingerprint density at radius 2 is 1.96 bits per heavy atom. The first-order chi connectivity index (χ1) is 13.6. The minimum atomic E-state index is -0.138. The van der Waals surface area contributed by atoms with E-state index in [-0.39, 0.29) is 30.9 Å². The Hall–Kier alpha value is -3.20. The molecule has 1 aliphatic rings. The average molecular weight is 380 g/mol. The van der Waals surface area contributed by atoms with Crippen LogP contribution in [0, 0.1) is 17.2 Å². The molecule has 1 N–H and O–H groups in total. The summed E-state index contributed by atoms with van der Waals surface area (Å²) in [6.07, 6.45) is 0.234. The Balaban J connectivity index is 1.69. The van der Waals surface area contributed by atoms with Crippen LogP contribution >= 0.6 is 0 Å². The number of hydrogen-bond acceptors (Lipinski definition) is 5. The molecule has 6 nitrogen and oxygen atoms in total. The number of nitriles is 1. The third-order valence-corrected chi connectivity index (χ3v) is 4.48. The molecular formula is C22H24N2O4. The van der Waals surface area contributed by atoms with Gasteiger partial charge in [-0.05, 0) is 41.3 Å². The lowest BCUT2D eigenvalue weighted by Crippen LogP contribution is -2.33.